The smallest absolute Gasteiger partial charge is 0.123 e. The first-order valence-corrected chi connectivity index (χ1v) is 8.54. The maximum Gasteiger partial charge on any atom is 0.123 e. The maximum absolute atomic E-state index is 13.2. The van der Waals surface area contributed by atoms with E-state index in [2.05, 4.69) is 35.8 Å². The van der Waals surface area contributed by atoms with Crippen LogP contribution in [0.15, 0.2) is 54.6 Å². The average Bonchev–Trinajstić information content (AvgIpc) is 3.31. The summed E-state index contributed by atoms with van der Waals surface area (Å²) in [5, 5.41) is 3.68. The average molecular weight is 301 g/mol. The summed E-state index contributed by atoms with van der Waals surface area (Å²) in [6.45, 7) is 0.991. The van der Waals surface area contributed by atoms with Crippen molar-refractivity contribution >= 4 is 11.8 Å². The molecule has 21 heavy (non-hydrogen) atoms. The Hall–Kier alpha value is -1.32. The van der Waals surface area contributed by atoms with Crippen molar-refractivity contribution in [3.63, 3.8) is 0 Å². The molecule has 1 fully saturated rings. The third-order valence-corrected chi connectivity index (χ3v) is 5.62. The number of hydrogen-bond acceptors (Lipinski definition) is 2. The van der Waals surface area contributed by atoms with Crippen LogP contribution < -0.4 is 5.32 Å². The fourth-order valence-electron chi connectivity index (χ4n) is 2.61. The first-order chi connectivity index (χ1) is 10.2. The minimum Gasteiger partial charge on any atom is -0.305 e. The lowest BCUT2D eigenvalue weighted by Crippen LogP contribution is -2.30. The van der Waals surface area contributed by atoms with Gasteiger partial charge in [-0.15, -0.1) is 0 Å². The third kappa shape index (κ3) is 3.47. The van der Waals surface area contributed by atoms with Gasteiger partial charge in [0.15, 0.2) is 0 Å². The van der Waals surface area contributed by atoms with Crippen molar-refractivity contribution in [1.29, 1.82) is 0 Å². The van der Waals surface area contributed by atoms with Gasteiger partial charge in [0.25, 0.3) is 0 Å². The van der Waals surface area contributed by atoms with Crippen molar-refractivity contribution < 1.29 is 4.39 Å². The van der Waals surface area contributed by atoms with Crippen molar-refractivity contribution in [2.24, 2.45) is 0 Å². The second kappa shape index (κ2) is 6.20. The molecular formula is C18H20FNS. The fraction of sp³-hybridized carbons (Fsp3) is 0.333. The van der Waals surface area contributed by atoms with Crippen LogP contribution in [0.3, 0.4) is 0 Å². The summed E-state index contributed by atoms with van der Waals surface area (Å²) in [7, 11) is 0. The Bertz CT molecular complexity index is 578. The second-order valence-corrected chi connectivity index (χ2v) is 6.94. The van der Waals surface area contributed by atoms with Crippen molar-refractivity contribution in [1.82, 2.24) is 5.32 Å². The highest BCUT2D eigenvalue weighted by atomic mass is 32.2. The number of rotatable bonds is 6. The van der Waals surface area contributed by atoms with E-state index in [-0.39, 0.29) is 11.9 Å². The van der Waals surface area contributed by atoms with Gasteiger partial charge < -0.3 is 5.32 Å². The van der Waals surface area contributed by atoms with Gasteiger partial charge in [0.1, 0.15) is 5.82 Å². The Labute approximate surface area is 130 Å². The van der Waals surface area contributed by atoms with Crippen molar-refractivity contribution in [3.05, 3.63) is 71.5 Å². The van der Waals surface area contributed by atoms with Crippen LogP contribution >= 0.6 is 11.8 Å². The topological polar surface area (TPSA) is 12.0 Å². The highest BCUT2D eigenvalue weighted by Gasteiger charge is 2.41. The van der Waals surface area contributed by atoms with Crippen molar-refractivity contribution in [3.8, 4) is 0 Å². The van der Waals surface area contributed by atoms with E-state index in [9.17, 15) is 4.39 Å². The number of thioether (sulfide) groups is 1. The van der Waals surface area contributed by atoms with Gasteiger partial charge in [-0.1, -0.05) is 42.5 Å². The molecule has 1 nitrogen and oxygen atoms in total. The molecule has 2 aromatic carbocycles. The molecular weight excluding hydrogens is 281 g/mol. The summed E-state index contributed by atoms with van der Waals surface area (Å²) in [4.78, 5) is 0. The summed E-state index contributed by atoms with van der Waals surface area (Å²) < 4.78 is 13.6. The lowest BCUT2D eigenvalue weighted by Gasteiger charge is -2.23. The van der Waals surface area contributed by atoms with Crippen LogP contribution in [0.4, 0.5) is 4.39 Å². The highest BCUT2D eigenvalue weighted by molar-refractivity contribution is 8.00. The Balaban J connectivity index is 1.82. The molecule has 1 saturated carbocycles. The highest BCUT2D eigenvalue weighted by Crippen LogP contribution is 2.46. The molecule has 0 heterocycles. The molecule has 0 aliphatic heterocycles. The molecule has 0 saturated heterocycles. The Morgan fingerprint density at radius 3 is 2.24 bits per heavy atom. The zero-order valence-corrected chi connectivity index (χ0v) is 13.0. The molecule has 1 unspecified atom stereocenters. The maximum atomic E-state index is 13.2. The van der Waals surface area contributed by atoms with Gasteiger partial charge >= 0.3 is 0 Å². The third-order valence-electron chi connectivity index (χ3n) is 4.21. The van der Waals surface area contributed by atoms with Gasteiger partial charge in [-0.25, -0.2) is 4.39 Å². The van der Waals surface area contributed by atoms with Gasteiger partial charge in [-0.2, -0.15) is 11.8 Å². The van der Waals surface area contributed by atoms with Crippen LogP contribution in [0.5, 0.6) is 0 Å². The molecule has 0 radical (unpaired) electrons. The Kier molecular flexibility index (Phi) is 4.32. The van der Waals surface area contributed by atoms with Gasteiger partial charge in [0, 0.05) is 11.3 Å². The summed E-state index contributed by atoms with van der Waals surface area (Å²) in [5.74, 6) is -0.187. The fourth-order valence-corrected chi connectivity index (χ4v) is 3.35. The Morgan fingerprint density at radius 1 is 1.05 bits per heavy atom. The molecule has 110 valence electrons. The summed E-state index contributed by atoms with van der Waals surface area (Å²) in [6, 6.07) is 17.3. The standard InChI is InChI=1S/C18H20FNS/c1-21-18(11-12-18)13-20-17(14-5-3-2-4-6-14)15-7-9-16(19)10-8-15/h2-10,17,20H,11-13H2,1H3. The van der Waals surface area contributed by atoms with E-state index in [4.69, 9.17) is 0 Å². The van der Waals surface area contributed by atoms with E-state index < -0.39 is 0 Å². The van der Waals surface area contributed by atoms with Crippen LogP contribution in [-0.4, -0.2) is 17.5 Å². The summed E-state index contributed by atoms with van der Waals surface area (Å²) >= 11 is 1.95. The van der Waals surface area contributed by atoms with Gasteiger partial charge in [-0.3, -0.25) is 0 Å². The molecule has 3 heteroatoms. The lowest BCUT2D eigenvalue weighted by molar-refractivity contribution is 0.586. The molecule has 3 rings (SSSR count). The molecule has 1 aliphatic rings. The van der Waals surface area contributed by atoms with Crippen LogP contribution in [-0.2, 0) is 0 Å². The van der Waals surface area contributed by atoms with Crippen LogP contribution in [0, 0.1) is 5.82 Å². The van der Waals surface area contributed by atoms with E-state index in [0.29, 0.717) is 4.75 Å². The summed E-state index contributed by atoms with van der Waals surface area (Å²) in [5.41, 5.74) is 2.33. The largest absolute Gasteiger partial charge is 0.305 e. The minimum atomic E-state index is -0.187. The number of benzene rings is 2. The monoisotopic (exact) mass is 301 g/mol. The molecule has 0 aromatic heterocycles. The molecule has 1 N–H and O–H groups in total. The van der Waals surface area contributed by atoms with E-state index in [1.807, 2.05) is 30.0 Å². The van der Waals surface area contributed by atoms with E-state index in [1.165, 1.54) is 30.5 Å². The zero-order valence-electron chi connectivity index (χ0n) is 12.2. The summed E-state index contributed by atoms with van der Waals surface area (Å²) in [6.07, 6.45) is 4.75. The van der Waals surface area contributed by atoms with Gasteiger partial charge in [0.05, 0.1) is 6.04 Å². The second-order valence-electron chi connectivity index (χ2n) is 5.66. The number of nitrogens with one attached hydrogen (secondary N) is 1. The van der Waals surface area contributed by atoms with Gasteiger partial charge in [-0.05, 0) is 42.4 Å². The lowest BCUT2D eigenvalue weighted by atomic mass is 9.98. The number of halogens is 1. The van der Waals surface area contributed by atoms with Gasteiger partial charge in [0.2, 0.25) is 0 Å². The van der Waals surface area contributed by atoms with Crippen LogP contribution in [0.1, 0.15) is 30.0 Å². The normalized spacial score (nSPS) is 17.4. The van der Waals surface area contributed by atoms with E-state index in [1.54, 1.807) is 0 Å². The van der Waals surface area contributed by atoms with Crippen molar-refractivity contribution in [2.45, 2.75) is 23.6 Å². The molecule has 1 atom stereocenters. The first-order valence-electron chi connectivity index (χ1n) is 7.31. The van der Waals surface area contributed by atoms with Crippen molar-refractivity contribution in [2.75, 3.05) is 12.8 Å². The predicted octanol–water partition coefficient (Wildman–Crippen LogP) is 4.40. The SMILES string of the molecule is CSC1(CNC(c2ccccc2)c2ccc(F)cc2)CC1. The number of hydrogen-bond donors (Lipinski definition) is 1. The van der Waals surface area contributed by atoms with Crippen LogP contribution in [0.2, 0.25) is 0 Å². The minimum absolute atomic E-state index is 0.122. The zero-order chi connectivity index (χ0) is 14.7. The quantitative estimate of drug-likeness (QED) is 0.848. The molecule has 2 aromatic rings. The molecule has 0 amide bonds. The first kappa shape index (κ1) is 14.6. The Morgan fingerprint density at radius 2 is 1.67 bits per heavy atom. The molecule has 0 spiro atoms. The van der Waals surface area contributed by atoms with E-state index >= 15 is 0 Å². The predicted molar refractivity (Wildman–Crippen MR) is 88.2 cm³/mol. The van der Waals surface area contributed by atoms with E-state index in [0.717, 1.165) is 12.1 Å². The molecule has 1 aliphatic carbocycles. The van der Waals surface area contributed by atoms with Crippen LogP contribution in [0.25, 0.3) is 0 Å². The molecule has 0 bridgehead atoms.